The second-order valence-corrected chi connectivity index (χ2v) is 6.62. The fourth-order valence-electron chi connectivity index (χ4n) is 1.84. The normalized spacial score (nSPS) is 11.8. The predicted octanol–water partition coefficient (Wildman–Crippen LogP) is 2.13. The Hall–Kier alpha value is -1.74. The largest absolute Gasteiger partial charge is 0.397 e. The molecule has 1 aromatic rings. The van der Waals surface area contributed by atoms with Crippen LogP contribution in [0.25, 0.3) is 0 Å². The Balaban J connectivity index is 3.17. The van der Waals surface area contributed by atoms with Crippen molar-refractivity contribution in [2.24, 2.45) is 0 Å². The second-order valence-electron chi connectivity index (χ2n) is 4.64. The maximum atomic E-state index is 13.9. The summed E-state index contributed by atoms with van der Waals surface area (Å²) < 4.78 is 39.5. The van der Waals surface area contributed by atoms with Gasteiger partial charge in [-0.2, -0.15) is 0 Å². The van der Waals surface area contributed by atoms with Gasteiger partial charge in [0, 0.05) is 19.7 Å². The van der Waals surface area contributed by atoms with E-state index in [1.807, 2.05) is 6.92 Å². The van der Waals surface area contributed by atoms with Gasteiger partial charge in [0.1, 0.15) is 4.90 Å². The first kappa shape index (κ1) is 17.3. The first-order chi connectivity index (χ1) is 9.71. The molecule has 0 amide bonds. The Morgan fingerprint density at radius 3 is 2.48 bits per heavy atom. The van der Waals surface area contributed by atoms with Gasteiger partial charge in [0.25, 0.3) is 5.69 Å². The van der Waals surface area contributed by atoms with Crippen LogP contribution in [0.2, 0.25) is 0 Å². The van der Waals surface area contributed by atoms with E-state index in [2.05, 4.69) is 0 Å². The maximum Gasteiger partial charge on any atom is 0.274 e. The van der Waals surface area contributed by atoms with Gasteiger partial charge in [0.05, 0.1) is 16.7 Å². The highest BCUT2D eigenvalue weighted by molar-refractivity contribution is 7.89. The monoisotopic (exact) mass is 319 g/mol. The highest BCUT2D eigenvalue weighted by Crippen LogP contribution is 2.29. The summed E-state index contributed by atoms with van der Waals surface area (Å²) in [6.07, 6.45) is 2.40. The quantitative estimate of drug-likeness (QED) is 0.358. The lowest BCUT2D eigenvalue weighted by Gasteiger charge is -2.18. The van der Waals surface area contributed by atoms with Crippen LogP contribution in [0.5, 0.6) is 0 Å². The number of anilines is 1. The Kier molecular flexibility index (Phi) is 5.62. The van der Waals surface area contributed by atoms with Crippen LogP contribution in [0.4, 0.5) is 15.8 Å². The number of sulfonamides is 1. The molecule has 1 rings (SSSR count). The van der Waals surface area contributed by atoms with E-state index in [1.165, 1.54) is 7.05 Å². The summed E-state index contributed by atoms with van der Waals surface area (Å²) in [5.74, 6) is -1.22. The summed E-state index contributed by atoms with van der Waals surface area (Å²) in [4.78, 5) is 9.05. The summed E-state index contributed by atoms with van der Waals surface area (Å²) in [6, 6.07) is 1.40. The molecule has 0 aromatic heterocycles. The Morgan fingerprint density at radius 1 is 1.38 bits per heavy atom. The molecule has 21 heavy (non-hydrogen) atoms. The Morgan fingerprint density at radius 2 is 2.00 bits per heavy atom. The van der Waals surface area contributed by atoms with E-state index in [0.717, 1.165) is 23.2 Å². The zero-order valence-corrected chi connectivity index (χ0v) is 12.7. The number of nitro benzene ring substituents is 1. The molecule has 0 aliphatic heterocycles. The van der Waals surface area contributed by atoms with Crippen LogP contribution >= 0.6 is 0 Å². The number of benzene rings is 1. The predicted molar refractivity (Wildman–Crippen MR) is 76.8 cm³/mol. The number of halogens is 1. The zero-order chi connectivity index (χ0) is 16.2. The number of unbranched alkanes of at least 4 members (excludes halogenated alkanes) is 2. The van der Waals surface area contributed by atoms with Crippen molar-refractivity contribution in [2.45, 2.75) is 31.1 Å². The number of non-ortho nitro benzene ring substituents is 1. The van der Waals surface area contributed by atoms with Crippen molar-refractivity contribution in [1.82, 2.24) is 4.31 Å². The van der Waals surface area contributed by atoms with Crippen LogP contribution in [-0.4, -0.2) is 31.2 Å². The minimum absolute atomic E-state index is 0.228. The standard InChI is InChI=1S/C12H18FN3O4S/c1-3-4-5-6-15(2)21(19,20)12-10(13)7-9(16(17)18)8-11(12)14/h7-8H,3-6,14H2,1-2H3. The molecule has 0 fully saturated rings. The van der Waals surface area contributed by atoms with Gasteiger partial charge in [-0.05, 0) is 6.42 Å². The molecule has 0 saturated carbocycles. The minimum atomic E-state index is -4.11. The third kappa shape index (κ3) is 3.88. The highest BCUT2D eigenvalue weighted by Gasteiger charge is 2.29. The van der Waals surface area contributed by atoms with Crippen molar-refractivity contribution in [3.05, 3.63) is 28.1 Å². The summed E-state index contributed by atoms with van der Waals surface area (Å²) in [5, 5.41) is 10.6. The first-order valence-corrected chi connectivity index (χ1v) is 7.85. The van der Waals surface area contributed by atoms with Crippen LogP contribution in [-0.2, 0) is 10.0 Å². The van der Waals surface area contributed by atoms with E-state index in [0.29, 0.717) is 12.5 Å². The molecule has 2 N–H and O–H groups in total. The molecule has 118 valence electrons. The number of nitrogen functional groups attached to an aromatic ring is 1. The van der Waals surface area contributed by atoms with Crippen molar-refractivity contribution in [1.29, 1.82) is 0 Å². The highest BCUT2D eigenvalue weighted by atomic mass is 32.2. The van der Waals surface area contributed by atoms with Crippen molar-refractivity contribution in [2.75, 3.05) is 19.3 Å². The Bertz CT molecular complexity index is 610. The smallest absolute Gasteiger partial charge is 0.274 e. The topological polar surface area (TPSA) is 107 Å². The van der Waals surface area contributed by atoms with Crippen LogP contribution in [0.1, 0.15) is 26.2 Å². The molecule has 0 heterocycles. The number of hydrogen-bond donors (Lipinski definition) is 1. The Labute approximate surface area is 122 Å². The van der Waals surface area contributed by atoms with Gasteiger partial charge in [-0.15, -0.1) is 0 Å². The van der Waals surface area contributed by atoms with E-state index >= 15 is 0 Å². The van der Waals surface area contributed by atoms with Gasteiger partial charge in [-0.25, -0.2) is 17.1 Å². The van der Waals surface area contributed by atoms with Crippen molar-refractivity contribution in [3.63, 3.8) is 0 Å². The average molecular weight is 319 g/mol. The molecule has 0 bridgehead atoms. The second kappa shape index (κ2) is 6.81. The molecule has 0 aliphatic rings. The fraction of sp³-hybridized carbons (Fsp3) is 0.500. The van der Waals surface area contributed by atoms with E-state index in [9.17, 15) is 22.9 Å². The van der Waals surface area contributed by atoms with Gasteiger partial charge in [0.15, 0.2) is 5.82 Å². The number of nitrogens with zero attached hydrogens (tertiary/aromatic N) is 2. The third-order valence-electron chi connectivity index (χ3n) is 3.01. The molecule has 9 heteroatoms. The van der Waals surface area contributed by atoms with Crippen molar-refractivity contribution in [3.8, 4) is 0 Å². The molecule has 1 aromatic carbocycles. The van der Waals surface area contributed by atoms with Gasteiger partial charge < -0.3 is 5.73 Å². The van der Waals surface area contributed by atoms with Crippen LogP contribution in [0.3, 0.4) is 0 Å². The minimum Gasteiger partial charge on any atom is -0.397 e. The molecule has 0 atom stereocenters. The molecule has 0 spiro atoms. The maximum absolute atomic E-state index is 13.9. The summed E-state index contributed by atoms with van der Waals surface area (Å²) in [6.45, 7) is 2.20. The van der Waals surface area contributed by atoms with E-state index in [1.54, 1.807) is 0 Å². The van der Waals surface area contributed by atoms with Crippen LogP contribution in [0, 0.1) is 15.9 Å². The lowest BCUT2D eigenvalue weighted by molar-refractivity contribution is -0.385. The zero-order valence-electron chi connectivity index (χ0n) is 11.9. The van der Waals surface area contributed by atoms with E-state index < -0.39 is 37.0 Å². The molecule has 0 aliphatic carbocycles. The SMILES string of the molecule is CCCCCN(C)S(=O)(=O)c1c(N)cc([N+](=O)[O-])cc1F. The third-order valence-corrected chi connectivity index (χ3v) is 4.96. The lowest BCUT2D eigenvalue weighted by Crippen LogP contribution is -2.29. The molecule has 0 saturated heterocycles. The van der Waals surface area contributed by atoms with Crippen molar-refractivity contribution >= 4 is 21.4 Å². The molecular weight excluding hydrogens is 301 g/mol. The lowest BCUT2D eigenvalue weighted by atomic mass is 10.2. The van der Waals surface area contributed by atoms with Gasteiger partial charge in [-0.3, -0.25) is 10.1 Å². The molecule has 7 nitrogen and oxygen atoms in total. The summed E-state index contributed by atoms with van der Waals surface area (Å²) in [7, 11) is -2.79. The van der Waals surface area contributed by atoms with Crippen LogP contribution < -0.4 is 5.73 Å². The van der Waals surface area contributed by atoms with E-state index in [-0.39, 0.29) is 6.54 Å². The number of rotatable bonds is 7. The van der Waals surface area contributed by atoms with Gasteiger partial charge in [-0.1, -0.05) is 19.8 Å². The van der Waals surface area contributed by atoms with Crippen molar-refractivity contribution < 1.29 is 17.7 Å². The summed E-state index contributed by atoms with van der Waals surface area (Å²) in [5.41, 5.74) is 4.43. The van der Waals surface area contributed by atoms with Crippen LogP contribution in [0.15, 0.2) is 17.0 Å². The first-order valence-electron chi connectivity index (χ1n) is 6.41. The van der Waals surface area contributed by atoms with Gasteiger partial charge in [0.2, 0.25) is 10.0 Å². The summed E-state index contributed by atoms with van der Waals surface area (Å²) >= 11 is 0. The molecular formula is C12H18FN3O4S. The molecule has 0 unspecified atom stereocenters. The number of hydrogen-bond acceptors (Lipinski definition) is 5. The van der Waals surface area contributed by atoms with Gasteiger partial charge >= 0.3 is 0 Å². The van der Waals surface area contributed by atoms with E-state index in [4.69, 9.17) is 5.73 Å². The average Bonchev–Trinajstić information content (AvgIpc) is 2.37. The fourth-order valence-corrected chi connectivity index (χ4v) is 3.18. The number of nitro groups is 1. The number of nitrogens with two attached hydrogens (primary N) is 1. The molecule has 0 radical (unpaired) electrons.